The fourth-order valence-corrected chi connectivity index (χ4v) is 5.02. The lowest BCUT2D eigenvalue weighted by Gasteiger charge is -2.25. The Kier molecular flexibility index (Phi) is 4.04. The molecule has 2 fully saturated rings. The van der Waals surface area contributed by atoms with Crippen molar-refractivity contribution < 1.29 is 17.9 Å². The first-order valence-corrected chi connectivity index (χ1v) is 9.26. The van der Waals surface area contributed by atoms with E-state index in [0.717, 1.165) is 24.2 Å². The van der Waals surface area contributed by atoms with Crippen molar-refractivity contribution in [1.29, 1.82) is 0 Å². The average Bonchev–Trinajstić information content (AvgIpc) is 3.22. The Morgan fingerprint density at radius 2 is 2.05 bits per heavy atom. The molecule has 0 spiro atoms. The van der Waals surface area contributed by atoms with Gasteiger partial charge < -0.3 is 9.64 Å². The molecule has 21 heavy (non-hydrogen) atoms. The lowest BCUT2D eigenvalue weighted by Crippen LogP contribution is -2.40. The SMILES string of the molecule is CN(C(=O)c1csc(S(=O)(=O)N2CCOCC2)c1)C1CC1. The quantitative estimate of drug-likeness (QED) is 0.826. The summed E-state index contributed by atoms with van der Waals surface area (Å²) in [5.74, 6) is -0.0998. The van der Waals surface area contributed by atoms with Gasteiger partial charge in [0.2, 0.25) is 0 Å². The molecule has 0 bridgehead atoms. The Morgan fingerprint density at radius 3 is 2.67 bits per heavy atom. The number of carbonyl (C=O) groups is 1. The van der Waals surface area contributed by atoms with Crippen molar-refractivity contribution >= 4 is 27.3 Å². The van der Waals surface area contributed by atoms with E-state index in [4.69, 9.17) is 4.74 Å². The second-order valence-corrected chi connectivity index (χ2v) is 8.39. The molecule has 6 nitrogen and oxygen atoms in total. The summed E-state index contributed by atoms with van der Waals surface area (Å²) >= 11 is 1.11. The zero-order valence-corrected chi connectivity index (χ0v) is 13.5. The molecule has 1 aliphatic heterocycles. The minimum absolute atomic E-state index is 0.0998. The van der Waals surface area contributed by atoms with Gasteiger partial charge in [0, 0.05) is 31.6 Å². The van der Waals surface area contributed by atoms with Crippen molar-refractivity contribution in [1.82, 2.24) is 9.21 Å². The topological polar surface area (TPSA) is 66.9 Å². The molecule has 1 saturated heterocycles. The normalized spacial score (nSPS) is 20.4. The number of amides is 1. The molecule has 2 aliphatic rings. The number of sulfonamides is 1. The molecule has 0 aromatic carbocycles. The molecule has 2 heterocycles. The predicted octanol–water partition coefficient (Wildman–Crippen LogP) is 1.00. The van der Waals surface area contributed by atoms with Crippen molar-refractivity contribution in [3.05, 3.63) is 17.0 Å². The minimum Gasteiger partial charge on any atom is -0.379 e. The number of thiophene rings is 1. The van der Waals surface area contributed by atoms with Crippen LogP contribution in [0, 0.1) is 0 Å². The third kappa shape index (κ3) is 2.98. The number of nitrogens with zero attached hydrogens (tertiary/aromatic N) is 2. The number of morpholine rings is 1. The standard InChI is InChI=1S/C13H18N2O4S2/c1-14(11-2-3-11)13(16)10-8-12(20-9-10)21(17,18)15-4-6-19-7-5-15/h8-9,11H,2-7H2,1H3. The maximum absolute atomic E-state index is 12.5. The summed E-state index contributed by atoms with van der Waals surface area (Å²) in [5.41, 5.74) is 0.459. The van der Waals surface area contributed by atoms with E-state index in [-0.39, 0.29) is 10.1 Å². The van der Waals surface area contributed by atoms with Gasteiger partial charge in [-0.05, 0) is 18.9 Å². The Bertz CT molecular complexity index is 630. The molecule has 1 amide bonds. The van der Waals surface area contributed by atoms with Gasteiger partial charge in [-0.1, -0.05) is 0 Å². The molecular weight excluding hydrogens is 312 g/mol. The smallest absolute Gasteiger partial charge is 0.254 e. The van der Waals surface area contributed by atoms with E-state index in [2.05, 4.69) is 0 Å². The molecule has 1 saturated carbocycles. The van der Waals surface area contributed by atoms with E-state index in [9.17, 15) is 13.2 Å². The Hall–Kier alpha value is -0.960. The van der Waals surface area contributed by atoms with Crippen LogP contribution < -0.4 is 0 Å². The van der Waals surface area contributed by atoms with Gasteiger partial charge in [0.25, 0.3) is 15.9 Å². The van der Waals surface area contributed by atoms with Gasteiger partial charge in [-0.2, -0.15) is 4.31 Å². The summed E-state index contributed by atoms with van der Waals surface area (Å²) < 4.78 is 31.8. The fraction of sp³-hybridized carbons (Fsp3) is 0.615. The van der Waals surface area contributed by atoms with E-state index >= 15 is 0 Å². The molecule has 0 unspecified atom stereocenters. The maximum Gasteiger partial charge on any atom is 0.254 e. The molecule has 3 rings (SSSR count). The first kappa shape index (κ1) is 15.0. The fourth-order valence-electron chi connectivity index (χ4n) is 2.31. The minimum atomic E-state index is -3.50. The lowest BCUT2D eigenvalue weighted by atomic mass is 10.3. The van der Waals surface area contributed by atoms with Crippen molar-refractivity contribution in [2.24, 2.45) is 0 Å². The Balaban J connectivity index is 1.78. The molecule has 1 aliphatic carbocycles. The highest BCUT2D eigenvalue weighted by Crippen LogP contribution is 2.29. The maximum atomic E-state index is 12.5. The van der Waals surface area contributed by atoms with Crippen molar-refractivity contribution in [3.8, 4) is 0 Å². The summed E-state index contributed by atoms with van der Waals surface area (Å²) in [5, 5.41) is 1.63. The number of carbonyl (C=O) groups excluding carboxylic acids is 1. The number of hydrogen-bond acceptors (Lipinski definition) is 5. The second kappa shape index (κ2) is 5.68. The van der Waals surface area contributed by atoms with Crippen LogP contribution >= 0.6 is 11.3 Å². The zero-order chi connectivity index (χ0) is 15.0. The molecule has 0 atom stereocenters. The summed E-state index contributed by atoms with van der Waals surface area (Å²) in [4.78, 5) is 13.9. The molecule has 1 aromatic rings. The second-order valence-electron chi connectivity index (χ2n) is 5.32. The monoisotopic (exact) mass is 330 g/mol. The van der Waals surface area contributed by atoms with Crippen LogP contribution in [0.3, 0.4) is 0 Å². The van der Waals surface area contributed by atoms with E-state index < -0.39 is 10.0 Å². The van der Waals surface area contributed by atoms with Gasteiger partial charge in [0.15, 0.2) is 0 Å². The lowest BCUT2D eigenvalue weighted by molar-refractivity contribution is 0.0731. The van der Waals surface area contributed by atoms with E-state index in [1.165, 1.54) is 10.4 Å². The first-order valence-electron chi connectivity index (χ1n) is 6.94. The number of ether oxygens (including phenoxy) is 1. The first-order chi connectivity index (χ1) is 10.00. The Morgan fingerprint density at radius 1 is 1.38 bits per heavy atom. The van der Waals surface area contributed by atoms with Crippen LogP contribution in [0.4, 0.5) is 0 Å². The molecular formula is C13H18N2O4S2. The third-order valence-corrected chi connectivity index (χ3v) is 7.12. The summed E-state index contributed by atoms with van der Waals surface area (Å²) in [6.07, 6.45) is 2.07. The van der Waals surface area contributed by atoms with Crippen LogP contribution in [-0.2, 0) is 14.8 Å². The predicted molar refractivity (Wildman–Crippen MR) is 79.0 cm³/mol. The van der Waals surface area contributed by atoms with Gasteiger partial charge in [0.05, 0.1) is 18.8 Å². The van der Waals surface area contributed by atoms with Gasteiger partial charge in [0.1, 0.15) is 4.21 Å². The summed E-state index contributed by atoms with van der Waals surface area (Å²) in [6, 6.07) is 1.81. The summed E-state index contributed by atoms with van der Waals surface area (Å²) in [7, 11) is -1.73. The Labute approximate surface area is 128 Å². The number of hydrogen-bond donors (Lipinski definition) is 0. The average molecular weight is 330 g/mol. The molecule has 0 radical (unpaired) electrons. The van der Waals surface area contributed by atoms with Crippen molar-refractivity contribution in [3.63, 3.8) is 0 Å². The van der Waals surface area contributed by atoms with Crippen LogP contribution in [0.2, 0.25) is 0 Å². The van der Waals surface area contributed by atoms with Gasteiger partial charge in [-0.25, -0.2) is 8.42 Å². The highest BCUT2D eigenvalue weighted by atomic mass is 32.2. The van der Waals surface area contributed by atoms with Crippen LogP contribution in [-0.4, -0.2) is 62.9 Å². The van der Waals surface area contributed by atoms with Crippen molar-refractivity contribution in [2.75, 3.05) is 33.4 Å². The van der Waals surface area contributed by atoms with Gasteiger partial charge >= 0.3 is 0 Å². The zero-order valence-electron chi connectivity index (χ0n) is 11.8. The molecule has 116 valence electrons. The highest BCUT2D eigenvalue weighted by molar-refractivity contribution is 7.91. The van der Waals surface area contributed by atoms with Crippen LogP contribution in [0.15, 0.2) is 15.7 Å². The highest BCUT2D eigenvalue weighted by Gasteiger charge is 2.32. The summed E-state index contributed by atoms with van der Waals surface area (Å²) in [6.45, 7) is 1.57. The third-order valence-electron chi connectivity index (χ3n) is 3.80. The van der Waals surface area contributed by atoms with Crippen molar-refractivity contribution in [2.45, 2.75) is 23.1 Å². The van der Waals surface area contributed by atoms with Crippen LogP contribution in [0.5, 0.6) is 0 Å². The van der Waals surface area contributed by atoms with E-state index in [1.807, 2.05) is 0 Å². The molecule has 8 heteroatoms. The van der Waals surface area contributed by atoms with Gasteiger partial charge in [-0.3, -0.25) is 4.79 Å². The van der Waals surface area contributed by atoms with E-state index in [0.29, 0.717) is 37.9 Å². The molecule has 1 aromatic heterocycles. The van der Waals surface area contributed by atoms with Crippen LogP contribution in [0.1, 0.15) is 23.2 Å². The number of rotatable bonds is 4. The largest absolute Gasteiger partial charge is 0.379 e. The van der Waals surface area contributed by atoms with Crippen LogP contribution in [0.25, 0.3) is 0 Å². The molecule has 0 N–H and O–H groups in total. The van der Waals surface area contributed by atoms with Gasteiger partial charge in [-0.15, -0.1) is 11.3 Å². The van der Waals surface area contributed by atoms with E-state index in [1.54, 1.807) is 17.3 Å².